The lowest BCUT2D eigenvalue weighted by atomic mass is 10.1. The number of hydrogen-bond acceptors (Lipinski definition) is 4. The van der Waals surface area contributed by atoms with Crippen molar-refractivity contribution in [1.82, 2.24) is 5.43 Å². The van der Waals surface area contributed by atoms with Gasteiger partial charge in [-0.15, -0.1) is 0 Å². The fourth-order valence-corrected chi connectivity index (χ4v) is 5.01. The van der Waals surface area contributed by atoms with Gasteiger partial charge in [-0.3, -0.25) is 10.2 Å². The third-order valence-corrected chi connectivity index (χ3v) is 6.67. The first-order chi connectivity index (χ1) is 13.7. The molecule has 0 radical (unpaired) electrons. The molecule has 28 heavy (non-hydrogen) atoms. The molecule has 2 heterocycles. The van der Waals surface area contributed by atoms with E-state index in [1.807, 2.05) is 78.9 Å². The van der Waals surface area contributed by atoms with E-state index in [0.29, 0.717) is 11.6 Å². The molecular weight excluding hydrogens is 390 g/mol. The monoisotopic (exact) mass is 405 g/mol. The minimum absolute atomic E-state index is 0.0340. The Kier molecular flexibility index (Phi) is 4.14. The maximum absolute atomic E-state index is 13.6. The van der Waals surface area contributed by atoms with Crippen LogP contribution >= 0.6 is 23.4 Å². The molecule has 0 aliphatic carbocycles. The average Bonchev–Trinajstić information content (AvgIpc) is 3.28. The van der Waals surface area contributed by atoms with Crippen LogP contribution in [0, 0.1) is 0 Å². The second-order valence-corrected chi connectivity index (χ2v) is 8.29. The maximum Gasteiger partial charge on any atom is 0.270 e. The number of halogens is 1. The van der Waals surface area contributed by atoms with Crippen molar-refractivity contribution in [2.45, 2.75) is 11.4 Å². The summed E-state index contributed by atoms with van der Waals surface area (Å²) in [6, 6.07) is 25.4. The van der Waals surface area contributed by atoms with Gasteiger partial charge in [-0.25, -0.2) is 0 Å². The van der Waals surface area contributed by atoms with Crippen molar-refractivity contribution in [3.8, 4) is 0 Å². The molecule has 6 heteroatoms. The minimum Gasteiger partial charge on any atom is -0.304 e. The minimum atomic E-state index is -0.941. The molecule has 4 nitrogen and oxygen atoms in total. The van der Waals surface area contributed by atoms with Gasteiger partial charge in [0.05, 0.1) is 12.2 Å². The van der Waals surface area contributed by atoms with E-state index in [-0.39, 0.29) is 5.91 Å². The molecule has 0 bridgehead atoms. The Hall–Kier alpha value is -2.76. The molecule has 0 unspecified atom stereocenters. The van der Waals surface area contributed by atoms with Gasteiger partial charge in [0.25, 0.3) is 5.91 Å². The zero-order chi connectivity index (χ0) is 19.1. The molecule has 1 atom stereocenters. The second-order valence-electron chi connectivity index (χ2n) is 6.68. The lowest BCUT2D eigenvalue weighted by Crippen LogP contribution is -2.44. The maximum atomic E-state index is 13.6. The number of carbonyl (C=O) groups excluding carboxylic acids is 1. The number of nitrogens with zero attached hydrogens (tertiary/aromatic N) is 2. The van der Waals surface area contributed by atoms with Gasteiger partial charge in [0.15, 0.2) is 0 Å². The number of anilines is 1. The smallest absolute Gasteiger partial charge is 0.270 e. The van der Waals surface area contributed by atoms with Crippen LogP contribution in [0.2, 0.25) is 5.02 Å². The summed E-state index contributed by atoms with van der Waals surface area (Å²) in [5, 5.41) is 5.97. The normalized spacial score (nSPS) is 20.2. The number of hydrogen-bond donors (Lipinski definition) is 1. The van der Waals surface area contributed by atoms with E-state index in [1.165, 1.54) is 11.8 Å². The van der Waals surface area contributed by atoms with Gasteiger partial charge in [-0.05, 0) is 17.7 Å². The molecule has 5 rings (SSSR count). The Morgan fingerprint density at radius 2 is 1.68 bits per heavy atom. The highest BCUT2D eigenvalue weighted by Gasteiger charge is 2.55. The number of benzene rings is 3. The number of rotatable bonds is 3. The second kappa shape index (κ2) is 6.69. The fourth-order valence-electron chi connectivity index (χ4n) is 3.61. The van der Waals surface area contributed by atoms with Crippen LogP contribution in [0.5, 0.6) is 0 Å². The van der Waals surface area contributed by atoms with E-state index < -0.39 is 4.87 Å². The lowest BCUT2D eigenvalue weighted by molar-refractivity contribution is -0.121. The van der Waals surface area contributed by atoms with Crippen molar-refractivity contribution in [3.05, 3.63) is 101 Å². The highest BCUT2D eigenvalue weighted by atomic mass is 35.5. The molecule has 2 aliphatic heterocycles. The Bertz CT molecular complexity index is 1100. The van der Waals surface area contributed by atoms with Crippen LogP contribution in [-0.2, 0) is 16.2 Å². The first-order valence-electron chi connectivity index (χ1n) is 8.93. The number of amides is 1. The Labute approximate surface area is 172 Å². The highest BCUT2D eigenvalue weighted by Crippen LogP contribution is 2.51. The summed E-state index contributed by atoms with van der Waals surface area (Å²) >= 11 is 7.81. The molecule has 2 aliphatic rings. The molecule has 1 amide bonds. The number of nitrogens with one attached hydrogen (secondary N) is 1. The SMILES string of the molecule is O=C1N(Cc2ccccc2Cl)c2ccccc2[C@]12NN=C(c1ccccc1)S2. The molecule has 0 aromatic heterocycles. The zero-order valence-corrected chi connectivity index (χ0v) is 16.4. The molecule has 1 spiro atoms. The first-order valence-corrected chi connectivity index (χ1v) is 10.1. The van der Waals surface area contributed by atoms with Crippen LogP contribution in [-0.4, -0.2) is 11.0 Å². The standard InChI is InChI=1S/C22H16ClN3OS/c23-18-12-6-4-10-16(18)14-26-19-13-7-5-11-17(19)22(21(26)27)25-24-20(28-22)15-8-2-1-3-9-15/h1-13,25H,14H2/t22-/m1/s1. The van der Waals surface area contributed by atoms with Crippen molar-refractivity contribution in [3.63, 3.8) is 0 Å². The van der Waals surface area contributed by atoms with Crippen LogP contribution in [0.25, 0.3) is 0 Å². The molecule has 0 fully saturated rings. The quantitative estimate of drug-likeness (QED) is 0.684. The molecule has 0 saturated carbocycles. The summed E-state index contributed by atoms with van der Waals surface area (Å²) in [7, 11) is 0. The van der Waals surface area contributed by atoms with Crippen LogP contribution in [0.1, 0.15) is 16.7 Å². The Morgan fingerprint density at radius 1 is 0.964 bits per heavy atom. The van der Waals surface area contributed by atoms with Crippen LogP contribution in [0.15, 0.2) is 84.0 Å². The fraction of sp³-hybridized carbons (Fsp3) is 0.0909. The average molecular weight is 406 g/mol. The summed E-state index contributed by atoms with van der Waals surface area (Å²) < 4.78 is 0. The van der Waals surface area contributed by atoms with Gasteiger partial charge in [-0.2, -0.15) is 5.10 Å². The molecule has 3 aromatic rings. The first kappa shape index (κ1) is 17.3. The predicted octanol–water partition coefficient (Wildman–Crippen LogP) is 4.74. The van der Waals surface area contributed by atoms with Crippen molar-refractivity contribution in [2.24, 2.45) is 5.10 Å². The van der Waals surface area contributed by atoms with E-state index in [2.05, 4.69) is 10.5 Å². The van der Waals surface area contributed by atoms with Gasteiger partial charge in [0.1, 0.15) is 5.04 Å². The van der Waals surface area contributed by atoms with Gasteiger partial charge in [0.2, 0.25) is 4.87 Å². The topological polar surface area (TPSA) is 44.7 Å². The highest BCUT2D eigenvalue weighted by molar-refractivity contribution is 8.16. The lowest BCUT2D eigenvalue weighted by Gasteiger charge is -2.23. The van der Waals surface area contributed by atoms with Gasteiger partial charge in [0, 0.05) is 16.1 Å². The zero-order valence-electron chi connectivity index (χ0n) is 14.8. The van der Waals surface area contributed by atoms with Gasteiger partial charge < -0.3 is 4.90 Å². The van der Waals surface area contributed by atoms with E-state index in [4.69, 9.17) is 11.6 Å². The number of hydrazone groups is 1. The van der Waals surface area contributed by atoms with E-state index >= 15 is 0 Å². The number of thioether (sulfide) groups is 1. The van der Waals surface area contributed by atoms with E-state index in [9.17, 15) is 4.79 Å². The Morgan fingerprint density at radius 3 is 2.50 bits per heavy atom. The van der Waals surface area contributed by atoms with E-state index in [1.54, 1.807) is 4.90 Å². The van der Waals surface area contributed by atoms with Crippen molar-refractivity contribution >= 4 is 40.0 Å². The van der Waals surface area contributed by atoms with Crippen LogP contribution < -0.4 is 10.3 Å². The van der Waals surface area contributed by atoms with Crippen molar-refractivity contribution in [1.29, 1.82) is 0 Å². The molecule has 3 aromatic carbocycles. The number of para-hydroxylation sites is 1. The summed E-state index contributed by atoms with van der Waals surface area (Å²) in [6.07, 6.45) is 0. The number of carbonyl (C=O) groups is 1. The summed E-state index contributed by atoms with van der Waals surface area (Å²) in [4.78, 5) is 14.5. The molecule has 1 N–H and O–H groups in total. The van der Waals surface area contributed by atoms with Gasteiger partial charge >= 0.3 is 0 Å². The largest absolute Gasteiger partial charge is 0.304 e. The third kappa shape index (κ3) is 2.62. The predicted molar refractivity (Wildman–Crippen MR) is 114 cm³/mol. The molecule has 0 saturated heterocycles. The van der Waals surface area contributed by atoms with Crippen molar-refractivity contribution < 1.29 is 4.79 Å². The van der Waals surface area contributed by atoms with E-state index in [0.717, 1.165) is 27.4 Å². The third-order valence-electron chi connectivity index (χ3n) is 4.99. The summed E-state index contributed by atoms with van der Waals surface area (Å²) in [5.74, 6) is -0.0340. The summed E-state index contributed by atoms with van der Waals surface area (Å²) in [5.41, 5.74) is 6.86. The summed E-state index contributed by atoms with van der Waals surface area (Å²) in [6.45, 7) is 0.417. The van der Waals surface area contributed by atoms with Crippen LogP contribution in [0.4, 0.5) is 5.69 Å². The number of fused-ring (bicyclic) bond motifs is 2. The van der Waals surface area contributed by atoms with Crippen molar-refractivity contribution in [2.75, 3.05) is 4.90 Å². The van der Waals surface area contributed by atoms with Gasteiger partial charge in [-0.1, -0.05) is 90.1 Å². The van der Waals surface area contributed by atoms with Crippen LogP contribution in [0.3, 0.4) is 0 Å². The molecular formula is C22H16ClN3OS. The Balaban J connectivity index is 1.53. The molecule has 138 valence electrons.